The van der Waals surface area contributed by atoms with Gasteiger partial charge in [0.1, 0.15) is 5.75 Å². The third-order valence-electron chi connectivity index (χ3n) is 6.75. The third-order valence-corrected chi connectivity index (χ3v) is 6.75. The van der Waals surface area contributed by atoms with Gasteiger partial charge in [0.15, 0.2) is 0 Å². The first-order chi connectivity index (χ1) is 16.5. The number of carbonyl (C=O) groups is 2. The van der Waals surface area contributed by atoms with Gasteiger partial charge in [-0.05, 0) is 49.9 Å². The van der Waals surface area contributed by atoms with E-state index in [0.29, 0.717) is 26.1 Å². The lowest BCUT2D eigenvalue weighted by Gasteiger charge is -2.49. The summed E-state index contributed by atoms with van der Waals surface area (Å²) in [5, 5.41) is 6.16. The van der Waals surface area contributed by atoms with Gasteiger partial charge in [0.25, 0.3) is 0 Å². The number of nitrogens with zero attached hydrogens (tertiary/aromatic N) is 2. The van der Waals surface area contributed by atoms with Gasteiger partial charge < -0.3 is 20.3 Å². The largest absolute Gasteiger partial charge is 0.496 e. The summed E-state index contributed by atoms with van der Waals surface area (Å²) in [7, 11) is 1.67. The van der Waals surface area contributed by atoms with Crippen LogP contribution in [0.1, 0.15) is 25.0 Å². The van der Waals surface area contributed by atoms with Crippen molar-refractivity contribution < 1.29 is 14.3 Å². The highest BCUT2D eigenvalue weighted by atomic mass is 16.5. The van der Waals surface area contributed by atoms with Crippen LogP contribution in [0, 0.1) is 5.92 Å². The van der Waals surface area contributed by atoms with E-state index in [9.17, 15) is 9.59 Å². The molecular weight excluding hydrogens is 428 g/mol. The van der Waals surface area contributed by atoms with Crippen molar-refractivity contribution in [1.82, 2.24) is 15.5 Å². The topological polar surface area (TPSA) is 73.9 Å². The van der Waals surface area contributed by atoms with Crippen LogP contribution in [0.3, 0.4) is 0 Å². The summed E-state index contributed by atoms with van der Waals surface area (Å²) >= 11 is 0. The number of rotatable bonds is 8. The van der Waals surface area contributed by atoms with Gasteiger partial charge >= 0.3 is 0 Å². The van der Waals surface area contributed by atoms with Gasteiger partial charge in [0.2, 0.25) is 11.8 Å². The standard InChI is InChI=1S/C27H36N4O3/c1-19(2)29-26(32)18-30-14-15-31-23-10-6-4-9-21(23)16-22(24(31)17-30)27(33)28-13-12-20-8-5-7-11-25(20)34-3/h4-11,19,22,24H,12-18H2,1-3H3,(H,28,33)(H,29,32). The molecule has 2 atom stereocenters. The molecule has 2 N–H and O–H groups in total. The maximum atomic E-state index is 13.4. The highest BCUT2D eigenvalue weighted by Crippen LogP contribution is 2.36. The fraction of sp³-hybridized carbons (Fsp3) is 0.481. The van der Waals surface area contributed by atoms with Crippen molar-refractivity contribution in [2.24, 2.45) is 5.92 Å². The van der Waals surface area contributed by atoms with Crippen LogP contribution in [0.2, 0.25) is 0 Å². The molecule has 2 amide bonds. The number of piperazine rings is 1. The van der Waals surface area contributed by atoms with Crippen molar-refractivity contribution in [3.63, 3.8) is 0 Å². The number of carbonyl (C=O) groups excluding carboxylic acids is 2. The summed E-state index contributed by atoms with van der Waals surface area (Å²) in [5.41, 5.74) is 3.52. The van der Waals surface area contributed by atoms with Gasteiger partial charge in [0, 0.05) is 37.9 Å². The van der Waals surface area contributed by atoms with Crippen molar-refractivity contribution in [2.75, 3.05) is 44.7 Å². The number of hydrogen-bond acceptors (Lipinski definition) is 5. The highest BCUT2D eigenvalue weighted by molar-refractivity contribution is 5.82. The zero-order valence-electron chi connectivity index (χ0n) is 20.4. The number of hydrogen-bond donors (Lipinski definition) is 2. The minimum atomic E-state index is -0.163. The number of anilines is 1. The molecule has 34 heavy (non-hydrogen) atoms. The molecule has 0 aromatic heterocycles. The summed E-state index contributed by atoms with van der Waals surface area (Å²) < 4.78 is 5.44. The summed E-state index contributed by atoms with van der Waals surface area (Å²) in [6.45, 7) is 7.18. The predicted molar refractivity (Wildman–Crippen MR) is 134 cm³/mol. The monoisotopic (exact) mass is 464 g/mol. The molecule has 7 heteroatoms. The molecule has 2 heterocycles. The van der Waals surface area contributed by atoms with Crippen LogP contribution in [0.25, 0.3) is 0 Å². The maximum absolute atomic E-state index is 13.4. The van der Waals surface area contributed by atoms with E-state index in [-0.39, 0.29) is 29.8 Å². The maximum Gasteiger partial charge on any atom is 0.234 e. The van der Waals surface area contributed by atoms with Crippen LogP contribution in [0.15, 0.2) is 48.5 Å². The Bertz CT molecular complexity index is 1010. The van der Waals surface area contributed by atoms with Crippen molar-refractivity contribution in [1.29, 1.82) is 0 Å². The number of nitrogens with one attached hydrogen (secondary N) is 2. The molecule has 182 valence electrons. The second-order valence-electron chi connectivity index (χ2n) is 9.51. The van der Waals surface area contributed by atoms with Gasteiger partial charge in [-0.15, -0.1) is 0 Å². The molecule has 0 radical (unpaired) electrons. The van der Waals surface area contributed by atoms with Crippen LogP contribution in [0.4, 0.5) is 5.69 Å². The van der Waals surface area contributed by atoms with E-state index in [2.05, 4.69) is 38.6 Å². The first kappa shape index (κ1) is 24.1. The molecule has 2 aromatic carbocycles. The van der Waals surface area contributed by atoms with E-state index in [4.69, 9.17) is 4.74 Å². The van der Waals surface area contributed by atoms with E-state index in [1.54, 1.807) is 7.11 Å². The lowest BCUT2D eigenvalue weighted by molar-refractivity contribution is -0.126. The average Bonchev–Trinajstić information content (AvgIpc) is 2.83. The van der Waals surface area contributed by atoms with Crippen LogP contribution in [0.5, 0.6) is 5.75 Å². The first-order valence-corrected chi connectivity index (χ1v) is 12.2. The van der Waals surface area contributed by atoms with Crippen LogP contribution in [-0.4, -0.2) is 68.6 Å². The fourth-order valence-corrected chi connectivity index (χ4v) is 5.19. The summed E-state index contributed by atoms with van der Waals surface area (Å²) in [5.74, 6) is 0.797. The second kappa shape index (κ2) is 10.9. The quantitative estimate of drug-likeness (QED) is 0.627. The van der Waals surface area contributed by atoms with E-state index in [0.717, 1.165) is 30.8 Å². The molecule has 0 saturated carbocycles. The van der Waals surface area contributed by atoms with Gasteiger partial charge in [-0.2, -0.15) is 0 Å². The Balaban J connectivity index is 1.45. The summed E-state index contributed by atoms with van der Waals surface area (Å²) in [4.78, 5) is 30.3. The lowest BCUT2D eigenvalue weighted by Crippen LogP contribution is -2.62. The molecule has 0 aliphatic carbocycles. The Morgan fingerprint density at radius 3 is 2.65 bits per heavy atom. The zero-order chi connectivity index (χ0) is 24.1. The molecule has 1 saturated heterocycles. The van der Waals surface area contributed by atoms with Gasteiger partial charge in [-0.25, -0.2) is 0 Å². The number of ether oxygens (including phenoxy) is 1. The van der Waals surface area contributed by atoms with Crippen molar-refractivity contribution in [3.05, 3.63) is 59.7 Å². The first-order valence-electron chi connectivity index (χ1n) is 12.2. The number of para-hydroxylation sites is 2. The Morgan fingerprint density at radius 2 is 1.85 bits per heavy atom. The Morgan fingerprint density at radius 1 is 1.09 bits per heavy atom. The van der Waals surface area contributed by atoms with E-state index in [1.807, 2.05) is 44.2 Å². The molecule has 2 aliphatic heterocycles. The van der Waals surface area contributed by atoms with Crippen LogP contribution < -0.4 is 20.3 Å². The summed E-state index contributed by atoms with van der Waals surface area (Å²) in [6.07, 6.45) is 1.43. The van der Waals surface area contributed by atoms with Gasteiger partial charge in [-0.3, -0.25) is 14.5 Å². The predicted octanol–water partition coefficient (Wildman–Crippen LogP) is 2.24. The molecule has 0 bridgehead atoms. The Labute approximate surface area is 202 Å². The molecule has 2 unspecified atom stereocenters. The lowest BCUT2D eigenvalue weighted by atomic mass is 9.83. The number of methoxy groups -OCH3 is 1. The SMILES string of the molecule is COc1ccccc1CCNC(=O)C1Cc2ccccc2N2CCN(CC(=O)NC(C)C)CC12. The summed E-state index contributed by atoms with van der Waals surface area (Å²) in [6, 6.07) is 16.5. The van der Waals surface area contributed by atoms with E-state index < -0.39 is 0 Å². The van der Waals surface area contributed by atoms with Crippen molar-refractivity contribution in [2.45, 2.75) is 38.8 Å². The normalized spacial score (nSPS) is 19.8. The van der Waals surface area contributed by atoms with E-state index in [1.165, 1.54) is 11.3 Å². The molecular formula is C27H36N4O3. The Kier molecular flexibility index (Phi) is 7.73. The van der Waals surface area contributed by atoms with Gasteiger partial charge in [0.05, 0.1) is 25.6 Å². The smallest absolute Gasteiger partial charge is 0.234 e. The number of fused-ring (bicyclic) bond motifs is 3. The zero-order valence-corrected chi connectivity index (χ0v) is 20.4. The third kappa shape index (κ3) is 5.53. The minimum absolute atomic E-state index is 0.0393. The molecule has 2 aromatic rings. The molecule has 1 fully saturated rings. The number of amides is 2. The van der Waals surface area contributed by atoms with Crippen molar-refractivity contribution >= 4 is 17.5 Å². The molecule has 2 aliphatic rings. The van der Waals surface area contributed by atoms with Crippen LogP contribution in [-0.2, 0) is 22.4 Å². The average molecular weight is 465 g/mol. The minimum Gasteiger partial charge on any atom is -0.496 e. The van der Waals surface area contributed by atoms with Crippen molar-refractivity contribution in [3.8, 4) is 5.75 Å². The van der Waals surface area contributed by atoms with Gasteiger partial charge in [-0.1, -0.05) is 36.4 Å². The second-order valence-corrected chi connectivity index (χ2v) is 9.51. The molecule has 7 nitrogen and oxygen atoms in total. The fourth-order valence-electron chi connectivity index (χ4n) is 5.19. The highest BCUT2D eigenvalue weighted by Gasteiger charge is 2.41. The Hall–Kier alpha value is -3.06. The molecule has 4 rings (SSSR count). The van der Waals surface area contributed by atoms with Crippen LogP contribution >= 0.6 is 0 Å². The van der Waals surface area contributed by atoms with E-state index >= 15 is 0 Å². The number of benzene rings is 2. The molecule has 0 spiro atoms.